The highest BCUT2D eigenvalue weighted by Gasteiger charge is 2.32. The molecule has 5 nitrogen and oxygen atoms in total. The Balaban J connectivity index is 2.21. The Bertz CT molecular complexity index is 645. The number of carboxylic acids is 1. The van der Waals surface area contributed by atoms with Crippen LogP contribution in [-0.4, -0.2) is 25.8 Å². The first-order valence-electron chi connectivity index (χ1n) is 5.72. The average molecular weight is 387 g/mol. The number of benzene rings is 1. The normalized spacial score (nSPS) is 14.6. The lowest BCUT2D eigenvalue weighted by Gasteiger charge is -2.09. The number of nitrogens with zero attached hydrogens (tertiary/aromatic N) is 3. The SMILES string of the molecule is O=C(O)c1nc(C2CC2)n(-c2c(Br)cccc2Br)n1. The second-order valence-corrected chi connectivity index (χ2v) is 6.06. The van der Waals surface area contributed by atoms with Crippen molar-refractivity contribution in [1.29, 1.82) is 0 Å². The third kappa shape index (κ3) is 2.32. The topological polar surface area (TPSA) is 68.0 Å². The molecule has 1 heterocycles. The molecule has 0 amide bonds. The second kappa shape index (κ2) is 4.72. The Morgan fingerprint density at radius 3 is 2.47 bits per heavy atom. The van der Waals surface area contributed by atoms with Crippen LogP contribution in [0, 0.1) is 0 Å². The van der Waals surface area contributed by atoms with E-state index in [4.69, 9.17) is 5.11 Å². The maximum Gasteiger partial charge on any atom is 0.375 e. The maximum absolute atomic E-state index is 11.0. The Morgan fingerprint density at radius 1 is 1.32 bits per heavy atom. The summed E-state index contributed by atoms with van der Waals surface area (Å²) in [4.78, 5) is 15.2. The Labute approximate surface area is 125 Å². The van der Waals surface area contributed by atoms with E-state index in [9.17, 15) is 4.79 Å². The number of carboxylic acid groups (broad SMARTS) is 1. The summed E-state index contributed by atoms with van der Waals surface area (Å²) in [5.74, 6) is -0.252. The monoisotopic (exact) mass is 385 g/mol. The highest BCUT2D eigenvalue weighted by atomic mass is 79.9. The molecule has 1 aliphatic carbocycles. The van der Waals surface area contributed by atoms with Crippen LogP contribution in [0.5, 0.6) is 0 Å². The zero-order valence-corrected chi connectivity index (χ0v) is 12.8. The van der Waals surface area contributed by atoms with Crippen molar-refractivity contribution in [2.75, 3.05) is 0 Å². The zero-order valence-electron chi connectivity index (χ0n) is 9.68. The van der Waals surface area contributed by atoms with Gasteiger partial charge in [0.05, 0.1) is 5.69 Å². The van der Waals surface area contributed by atoms with Gasteiger partial charge in [0.2, 0.25) is 0 Å². The third-order valence-corrected chi connectivity index (χ3v) is 4.20. The fraction of sp³-hybridized carbons (Fsp3) is 0.250. The average Bonchev–Trinajstić information content (AvgIpc) is 3.10. The van der Waals surface area contributed by atoms with Crippen molar-refractivity contribution in [3.8, 4) is 5.69 Å². The molecule has 98 valence electrons. The summed E-state index contributed by atoms with van der Waals surface area (Å²) in [5.41, 5.74) is 0.782. The molecular weight excluding hydrogens is 378 g/mol. The van der Waals surface area contributed by atoms with Crippen molar-refractivity contribution in [3.05, 3.63) is 38.8 Å². The minimum atomic E-state index is -1.11. The largest absolute Gasteiger partial charge is 0.475 e. The van der Waals surface area contributed by atoms with E-state index >= 15 is 0 Å². The van der Waals surface area contributed by atoms with Gasteiger partial charge >= 0.3 is 5.97 Å². The van der Waals surface area contributed by atoms with E-state index in [2.05, 4.69) is 41.9 Å². The number of rotatable bonds is 3. The molecule has 2 aromatic rings. The third-order valence-electron chi connectivity index (χ3n) is 2.92. The molecule has 3 rings (SSSR count). The molecule has 1 aromatic heterocycles. The molecule has 1 aromatic carbocycles. The maximum atomic E-state index is 11.0. The number of hydrogen-bond donors (Lipinski definition) is 1. The first-order valence-corrected chi connectivity index (χ1v) is 7.31. The summed E-state index contributed by atoms with van der Waals surface area (Å²) in [6.45, 7) is 0. The van der Waals surface area contributed by atoms with Crippen LogP contribution in [0.1, 0.15) is 35.2 Å². The molecule has 19 heavy (non-hydrogen) atoms. The smallest absolute Gasteiger partial charge is 0.375 e. The summed E-state index contributed by atoms with van der Waals surface area (Å²) in [7, 11) is 0. The summed E-state index contributed by atoms with van der Waals surface area (Å²) in [6.07, 6.45) is 2.06. The minimum Gasteiger partial charge on any atom is -0.475 e. The molecular formula is C12H9Br2N3O2. The van der Waals surface area contributed by atoms with Crippen molar-refractivity contribution >= 4 is 37.8 Å². The zero-order chi connectivity index (χ0) is 13.6. The van der Waals surface area contributed by atoms with Gasteiger partial charge in [-0.1, -0.05) is 6.07 Å². The van der Waals surface area contributed by atoms with Gasteiger partial charge in [-0.3, -0.25) is 0 Å². The van der Waals surface area contributed by atoms with Crippen molar-refractivity contribution < 1.29 is 9.90 Å². The summed E-state index contributed by atoms with van der Waals surface area (Å²) in [5, 5.41) is 13.2. The van der Waals surface area contributed by atoms with Gasteiger partial charge in [-0.05, 0) is 56.8 Å². The van der Waals surface area contributed by atoms with Crippen LogP contribution in [0.3, 0.4) is 0 Å². The lowest BCUT2D eigenvalue weighted by atomic mass is 10.3. The van der Waals surface area contributed by atoms with E-state index in [0.29, 0.717) is 11.7 Å². The van der Waals surface area contributed by atoms with Crippen molar-refractivity contribution in [3.63, 3.8) is 0 Å². The van der Waals surface area contributed by atoms with Crippen LogP contribution >= 0.6 is 31.9 Å². The standard InChI is InChI=1S/C12H9Br2N3O2/c13-7-2-1-3-8(14)9(7)17-11(6-4-5-6)15-10(16-17)12(18)19/h1-3,6H,4-5H2,(H,18,19). The molecule has 0 saturated heterocycles. The summed E-state index contributed by atoms with van der Waals surface area (Å²) < 4.78 is 3.30. The number of carbonyl (C=O) groups is 1. The second-order valence-electron chi connectivity index (χ2n) is 4.36. The van der Waals surface area contributed by atoms with Gasteiger partial charge in [0.1, 0.15) is 5.82 Å². The molecule has 1 fully saturated rings. The predicted molar refractivity (Wildman–Crippen MR) is 75.7 cm³/mol. The van der Waals surface area contributed by atoms with Crippen LogP contribution in [-0.2, 0) is 0 Å². The van der Waals surface area contributed by atoms with Gasteiger partial charge in [-0.15, -0.1) is 5.10 Å². The van der Waals surface area contributed by atoms with Crippen LogP contribution in [0.15, 0.2) is 27.1 Å². The highest BCUT2D eigenvalue weighted by molar-refractivity contribution is 9.11. The van der Waals surface area contributed by atoms with Crippen LogP contribution in [0.4, 0.5) is 0 Å². The molecule has 7 heteroatoms. The lowest BCUT2D eigenvalue weighted by molar-refractivity contribution is 0.0683. The predicted octanol–water partition coefficient (Wildman–Crippen LogP) is 3.37. The van der Waals surface area contributed by atoms with Gasteiger partial charge < -0.3 is 5.11 Å². The van der Waals surface area contributed by atoms with Crippen molar-refractivity contribution in [2.24, 2.45) is 0 Å². The van der Waals surface area contributed by atoms with Gasteiger partial charge in [0.15, 0.2) is 0 Å². The molecule has 1 N–H and O–H groups in total. The summed E-state index contributed by atoms with van der Waals surface area (Å²) >= 11 is 6.94. The molecule has 0 bridgehead atoms. The highest BCUT2D eigenvalue weighted by Crippen LogP contribution is 2.41. The van der Waals surface area contributed by atoms with E-state index < -0.39 is 5.97 Å². The molecule has 1 saturated carbocycles. The Kier molecular flexibility index (Phi) is 3.18. The van der Waals surface area contributed by atoms with Gasteiger partial charge in [0, 0.05) is 14.9 Å². The molecule has 0 spiro atoms. The van der Waals surface area contributed by atoms with Gasteiger partial charge in [-0.2, -0.15) is 0 Å². The fourth-order valence-corrected chi connectivity index (χ4v) is 3.21. The Morgan fingerprint density at radius 2 is 1.95 bits per heavy atom. The lowest BCUT2D eigenvalue weighted by Crippen LogP contribution is -2.05. The van der Waals surface area contributed by atoms with E-state index in [-0.39, 0.29) is 5.82 Å². The molecule has 0 unspecified atom stereocenters. The van der Waals surface area contributed by atoms with Gasteiger partial charge in [-0.25, -0.2) is 14.5 Å². The quantitative estimate of drug-likeness (QED) is 0.877. The minimum absolute atomic E-state index is 0.162. The molecule has 0 atom stereocenters. The molecule has 1 aliphatic rings. The number of aromatic nitrogens is 3. The van der Waals surface area contributed by atoms with Crippen molar-refractivity contribution in [1.82, 2.24) is 14.8 Å². The van der Waals surface area contributed by atoms with Crippen molar-refractivity contribution in [2.45, 2.75) is 18.8 Å². The fourth-order valence-electron chi connectivity index (χ4n) is 1.88. The van der Waals surface area contributed by atoms with E-state index in [0.717, 1.165) is 27.5 Å². The number of halogens is 2. The Hall–Kier alpha value is -1.21. The molecule has 0 aliphatic heterocycles. The summed E-state index contributed by atoms with van der Waals surface area (Å²) in [6, 6.07) is 5.67. The van der Waals surface area contributed by atoms with Crippen LogP contribution in [0.2, 0.25) is 0 Å². The van der Waals surface area contributed by atoms with Crippen LogP contribution < -0.4 is 0 Å². The number of para-hydroxylation sites is 1. The first-order chi connectivity index (χ1) is 9.08. The van der Waals surface area contributed by atoms with E-state index in [1.54, 1.807) is 4.68 Å². The number of aromatic carboxylic acids is 1. The van der Waals surface area contributed by atoms with E-state index in [1.807, 2.05) is 18.2 Å². The first kappa shape index (κ1) is 12.8. The van der Waals surface area contributed by atoms with Crippen LogP contribution in [0.25, 0.3) is 5.69 Å². The molecule has 0 radical (unpaired) electrons. The van der Waals surface area contributed by atoms with E-state index in [1.165, 1.54) is 0 Å². The van der Waals surface area contributed by atoms with Gasteiger partial charge in [0.25, 0.3) is 5.82 Å². The number of hydrogen-bond acceptors (Lipinski definition) is 3.